The standard InChI is InChI=1S/C22H30N4O/c27-22(18-8-10-20(11-9-18)26-15-12-23-17-26)24-21-7-3-2-6-19(21)16-25-13-4-1-5-14-25/h8-12,15,17,19,21H,1-7,13-14,16H2,(H,24,27)/t19-,21?/m0/s1. The largest absolute Gasteiger partial charge is 0.349 e. The molecule has 1 N–H and O–H groups in total. The Kier molecular flexibility index (Phi) is 5.87. The summed E-state index contributed by atoms with van der Waals surface area (Å²) >= 11 is 0. The van der Waals surface area contributed by atoms with E-state index in [4.69, 9.17) is 0 Å². The molecule has 1 amide bonds. The van der Waals surface area contributed by atoms with Gasteiger partial charge in [0.15, 0.2) is 0 Å². The number of rotatable bonds is 5. The van der Waals surface area contributed by atoms with Crippen molar-refractivity contribution in [2.75, 3.05) is 19.6 Å². The van der Waals surface area contributed by atoms with E-state index in [1.54, 1.807) is 12.5 Å². The van der Waals surface area contributed by atoms with Gasteiger partial charge in [0.05, 0.1) is 6.33 Å². The molecule has 1 aliphatic heterocycles. The second-order valence-electron chi connectivity index (χ2n) is 8.00. The Morgan fingerprint density at radius 2 is 1.81 bits per heavy atom. The van der Waals surface area contributed by atoms with Gasteiger partial charge in [0.1, 0.15) is 0 Å². The molecule has 0 spiro atoms. The van der Waals surface area contributed by atoms with Crippen molar-refractivity contribution in [2.45, 2.75) is 51.0 Å². The van der Waals surface area contributed by atoms with Crippen molar-refractivity contribution in [3.8, 4) is 5.69 Å². The normalized spacial score (nSPS) is 23.9. The van der Waals surface area contributed by atoms with Crippen LogP contribution in [0, 0.1) is 5.92 Å². The molecule has 5 heteroatoms. The van der Waals surface area contributed by atoms with Gasteiger partial charge in [-0.2, -0.15) is 0 Å². The van der Waals surface area contributed by atoms with Crippen LogP contribution in [0.1, 0.15) is 55.3 Å². The maximum absolute atomic E-state index is 12.8. The molecule has 5 nitrogen and oxygen atoms in total. The van der Waals surface area contributed by atoms with Crippen molar-refractivity contribution >= 4 is 5.91 Å². The fourth-order valence-electron chi connectivity index (χ4n) is 4.54. The molecule has 1 saturated carbocycles. The molecular formula is C22H30N4O. The summed E-state index contributed by atoms with van der Waals surface area (Å²) in [4.78, 5) is 19.5. The van der Waals surface area contributed by atoms with Gasteiger partial charge in [-0.05, 0) is 69.0 Å². The number of hydrogen-bond donors (Lipinski definition) is 1. The molecule has 2 fully saturated rings. The van der Waals surface area contributed by atoms with Gasteiger partial charge in [-0.3, -0.25) is 4.79 Å². The third-order valence-electron chi connectivity index (χ3n) is 6.10. The first-order valence-electron chi connectivity index (χ1n) is 10.4. The lowest BCUT2D eigenvalue weighted by Gasteiger charge is -2.37. The number of likely N-dealkylation sites (tertiary alicyclic amines) is 1. The first-order valence-corrected chi connectivity index (χ1v) is 10.4. The molecule has 2 aliphatic rings. The monoisotopic (exact) mass is 366 g/mol. The van der Waals surface area contributed by atoms with E-state index in [0.717, 1.165) is 24.2 Å². The molecule has 1 aliphatic carbocycles. The summed E-state index contributed by atoms with van der Waals surface area (Å²) < 4.78 is 1.94. The second-order valence-corrected chi connectivity index (χ2v) is 8.00. The van der Waals surface area contributed by atoms with Gasteiger partial charge in [-0.1, -0.05) is 19.3 Å². The fourth-order valence-corrected chi connectivity index (χ4v) is 4.54. The highest BCUT2D eigenvalue weighted by Gasteiger charge is 2.28. The first kappa shape index (κ1) is 18.2. The highest BCUT2D eigenvalue weighted by atomic mass is 16.1. The number of benzene rings is 1. The molecule has 144 valence electrons. The minimum atomic E-state index is 0.0581. The predicted molar refractivity (Wildman–Crippen MR) is 107 cm³/mol. The van der Waals surface area contributed by atoms with Gasteiger partial charge in [0.2, 0.25) is 0 Å². The summed E-state index contributed by atoms with van der Waals surface area (Å²) in [6.45, 7) is 3.60. The summed E-state index contributed by atoms with van der Waals surface area (Å²) in [5, 5.41) is 3.34. The van der Waals surface area contributed by atoms with Crippen LogP contribution in [0.15, 0.2) is 43.0 Å². The molecule has 1 aromatic carbocycles. The number of nitrogens with one attached hydrogen (secondary N) is 1. The van der Waals surface area contributed by atoms with Gasteiger partial charge < -0.3 is 14.8 Å². The maximum atomic E-state index is 12.8. The Morgan fingerprint density at radius 3 is 2.56 bits per heavy atom. The van der Waals surface area contributed by atoms with E-state index in [0.29, 0.717) is 12.0 Å². The molecule has 27 heavy (non-hydrogen) atoms. The lowest BCUT2D eigenvalue weighted by atomic mass is 9.83. The van der Waals surface area contributed by atoms with E-state index in [1.807, 2.05) is 35.0 Å². The SMILES string of the molecule is O=C(NC1CCCC[C@H]1CN1CCCCC1)c1ccc(-n2ccnc2)cc1. The van der Waals surface area contributed by atoms with Crippen LogP contribution in [-0.4, -0.2) is 46.0 Å². The van der Waals surface area contributed by atoms with Crippen LogP contribution in [0.3, 0.4) is 0 Å². The Bertz CT molecular complexity index is 719. The molecule has 4 rings (SSSR count). The first-order chi connectivity index (χ1) is 13.3. The minimum absolute atomic E-state index is 0.0581. The van der Waals surface area contributed by atoms with Crippen LogP contribution in [0.5, 0.6) is 0 Å². The van der Waals surface area contributed by atoms with Crippen molar-refractivity contribution in [1.82, 2.24) is 19.8 Å². The highest BCUT2D eigenvalue weighted by Crippen LogP contribution is 2.26. The third-order valence-corrected chi connectivity index (χ3v) is 6.10. The molecule has 1 aromatic heterocycles. The number of nitrogens with zero attached hydrogens (tertiary/aromatic N) is 3. The van der Waals surface area contributed by atoms with E-state index in [2.05, 4.69) is 15.2 Å². The van der Waals surface area contributed by atoms with Gasteiger partial charge in [0, 0.05) is 36.2 Å². The summed E-state index contributed by atoms with van der Waals surface area (Å²) in [6.07, 6.45) is 14.3. The van der Waals surface area contributed by atoms with E-state index in [-0.39, 0.29) is 5.91 Å². The van der Waals surface area contributed by atoms with Crippen LogP contribution in [0.4, 0.5) is 0 Å². The number of aromatic nitrogens is 2. The fraction of sp³-hybridized carbons (Fsp3) is 0.545. The molecule has 2 heterocycles. The number of carbonyl (C=O) groups is 1. The number of piperidine rings is 1. The summed E-state index contributed by atoms with van der Waals surface area (Å²) in [7, 11) is 0. The molecule has 0 radical (unpaired) electrons. The van der Waals surface area contributed by atoms with Crippen LogP contribution >= 0.6 is 0 Å². The van der Waals surface area contributed by atoms with E-state index in [1.165, 1.54) is 51.6 Å². The van der Waals surface area contributed by atoms with Crippen LogP contribution in [0.2, 0.25) is 0 Å². The van der Waals surface area contributed by atoms with Gasteiger partial charge in [0.25, 0.3) is 5.91 Å². The van der Waals surface area contributed by atoms with Crippen molar-refractivity contribution in [3.05, 3.63) is 48.5 Å². The number of carbonyl (C=O) groups excluding carboxylic acids is 1. The Hall–Kier alpha value is -2.14. The average molecular weight is 367 g/mol. The number of imidazole rings is 1. The average Bonchev–Trinajstić information content (AvgIpc) is 3.25. The zero-order chi connectivity index (χ0) is 18.5. The van der Waals surface area contributed by atoms with Crippen molar-refractivity contribution in [2.24, 2.45) is 5.92 Å². The van der Waals surface area contributed by atoms with Crippen molar-refractivity contribution < 1.29 is 4.79 Å². The zero-order valence-corrected chi connectivity index (χ0v) is 16.0. The zero-order valence-electron chi connectivity index (χ0n) is 16.0. The molecule has 0 bridgehead atoms. The Morgan fingerprint density at radius 1 is 1.04 bits per heavy atom. The molecule has 2 aromatic rings. The summed E-state index contributed by atoms with van der Waals surface area (Å²) in [5.41, 5.74) is 1.76. The van der Waals surface area contributed by atoms with E-state index < -0.39 is 0 Å². The minimum Gasteiger partial charge on any atom is -0.349 e. The molecule has 1 unspecified atom stereocenters. The topological polar surface area (TPSA) is 50.2 Å². The Labute approximate surface area is 161 Å². The maximum Gasteiger partial charge on any atom is 0.251 e. The summed E-state index contributed by atoms with van der Waals surface area (Å²) in [6, 6.07) is 8.08. The lowest BCUT2D eigenvalue weighted by molar-refractivity contribution is 0.0877. The van der Waals surface area contributed by atoms with Gasteiger partial charge in [-0.25, -0.2) is 4.98 Å². The quantitative estimate of drug-likeness (QED) is 0.879. The van der Waals surface area contributed by atoms with Crippen LogP contribution < -0.4 is 5.32 Å². The van der Waals surface area contributed by atoms with E-state index >= 15 is 0 Å². The third kappa shape index (κ3) is 4.59. The second kappa shape index (κ2) is 8.70. The van der Waals surface area contributed by atoms with Gasteiger partial charge in [-0.15, -0.1) is 0 Å². The van der Waals surface area contributed by atoms with Crippen LogP contribution in [0.25, 0.3) is 5.69 Å². The van der Waals surface area contributed by atoms with Crippen molar-refractivity contribution in [1.29, 1.82) is 0 Å². The molecule has 2 atom stereocenters. The van der Waals surface area contributed by atoms with Gasteiger partial charge >= 0.3 is 0 Å². The number of hydrogen-bond acceptors (Lipinski definition) is 3. The smallest absolute Gasteiger partial charge is 0.251 e. The molecular weight excluding hydrogens is 336 g/mol. The predicted octanol–water partition coefficient (Wildman–Crippen LogP) is 3.65. The Balaban J connectivity index is 1.37. The van der Waals surface area contributed by atoms with Crippen LogP contribution in [-0.2, 0) is 0 Å². The van der Waals surface area contributed by atoms with E-state index in [9.17, 15) is 4.79 Å². The summed E-state index contributed by atoms with van der Waals surface area (Å²) in [5.74, 6) is 0.647. The lowest BCUT2D eigenvalue weighted by Crippen LogP contribution is -2.47. The van der Waals surface area contributed by atoms with Crippen molar-refractivity contribution in [3.63, 3.8) is 0 Å². The number of amides is 1. The highest BCUT2D eigenvalue weighted by molar-refractivity contribution is 5.94. The molecule has 1 saturated heterocycles.